The van der Waals surface area contributed by atoms with Crippen molar-refractivity contribution in [2.45, 2.75) is 52.1 Å². The Kier molecular flexibility index (Phi) is 3.12. The first kappa shape index (κ1) is 10.7. The lowest BCUT2D eigenvalue weighted by Crippen LogP contribution is -2.41. The summed E-state index contributed by atoms with van der Waals surface area (Å²) in [7, 11) is 0. The third-order valence-corrected chi connectivity index (χ3v) is 3.41. The SMILES string of the molecule is CCCCC1(C=O)CCOC1(C)C. The van der Waals surface area contributed by atoms with Gasteiger partial charge in [0.05, 0.1) is 11.0 Å². The Bertz CT molecular complexity index is 187. The van der Waals surface area contributed by atoms with Crippen LogP contribution >= 0.6 is 0 Å². The molecule has 2 heteroatoms. The number of rotatable bonds is 4. The maximum Gasteiger partial charge on any atom is 0.129 e. The molecular formula is C11H20O2. The Hall–Kier alpha value is -0.370. The lowest BCUT2D eigenvalue weighted by molar-refractivity contribution is -0.125. The van der Waals surface area contributed by atoms with E-state index in [1.54, 1.807) is 0 Å². The van der Waals surface area contributed by atoms with Crippen LogP contribution < -0.4 is 0 Å². The summed E-state index contributed by atoms with van der Waals surface area (Å²) in [6.45, 7) is 6.95. The summed E-state index contributed by atoms with van der Waals surface area (Å²) in [5, 5.41) is 0. The largest absolute Gasteiger partial charge is 0.375 e. The van der Waals surface area contributed by atoms with Crippen LogP contribution in [0.15, 0.2) is 0 Å². The molecule has 1 fully saturated rings. The molecule has 0 N–H and O–H groups in total. The first-order chi connectivity index (χ1) is 6.08. The molecule has 0 aliphatic carbocycles. The number of ether oxygens (including phenoxy) is 1. The second-order valence-corrected chi connectivity index (χ2v) is 4.49. The minimum Gasteiger partial charge on any atom is -0.375 e. The van der Waals surface area contributed by atoms with Crippen LogP contribution in [0.25, 0.3) is 0 Å². The molecule has 0 aromatic rings. The Labute approximate surface area is 80.7 Å². The topological polar surface area (TPSA) is 26.3 Å². The fourth-order valence-corrected chi connectivity index (χ4v) is 2.11. The van der Waals surface area contributed by atoms with Gasteiger partial charge < -0.3 is 9.53 Å². The van der Waals surface area contributed by atoms with Crippen LogP contribution in [0, 0.1) is 5.41 Å². The van der Waals surface area contributed by atoms with Crippen molar-refractivity contribution in [3.8, 4) is 0 Å². The summed E-state index contributed by atoms with van der Waals surface area (Å²) in [6.07, 6.45) is 5.25. The van der Waals surface area contributed by atoms with E-state index in [0.29, 0.717) is 0 Å². The highest BCUT2D eigenvalue weighted by Gasteiger charge is 2.49. The van der Waals surface area contributed by atoms with Crippen molar-refractivity contribution in [2.75, 3.05) is 6.61 Å². The Balaban J connectivity index is 2.73. The van der Waals surface area contributed by atoms with E-state index >= 15 is 0 Å². The summed E-state index contributed by atoms with van der Waals surface area (Å²) in [4.78, 5) is 11.2. The maximum absolute atomic E-state index is 11.2. The van der Waals surface area contributed by atoms with Crippen LogP contribution in [0.2, 0.25) is 0 Å². The highest BCUT2D eigenvalue weighted by atomic mass is 16.5. The van der Waals surface area contributed by atoms with Gasteiger partial charge in [-0.1, -0.05) is 19.8 Å². The summed E-state index contributed by atoms with van der Waals surface area (Å²) in [6, 6.07) is 0. The zero-order valence-corrected chi connectivity index (χ0v) is 8.93. The molecule has 1 aliphatic heterocycles. The van der Waals surface area contributed by atoms with Gasteiger partial charge in [0.2, 0.25) is 0 Å². The van der Waals surface area contributed by atoms with Crippen molar-refractivity contribution in [1.29, 1.82) is 0 Å². The van der Waals surface area contributed by atoms with Crippen molar-refractivity contribution in [1.82, 2.24) is 0 Å². The number of unbranched alkanes of at least 4 members (excludes halogenated alkanes) is 1. The van der Waals surface area contributed by atoms with Crippen molar-refractivity contribution in [3.63, 3.8) is 0 Å². The smallest absolute Gasteiger partial charge is 0.129 e. The second kappa shape index (κ2) is 3.79. The zero-order valence-electron chi connectivity index (χ0n) is 8.93. The molecule has 2 nitrogen and oxygen atoms in total. The molecule has 1 rings (SSSR count). The Morgan fingerprint density at radius 1 is 1.46 bits per heavy atom. The van der Waals surface area contributed by atoms with E-state index in [1.165, 1.54) is 0 Å². The van der Waals surface area contributed by atoms with Gasteiger partial charge in [-0.15, -0.1) is 0 Å². The first-order valence-electron chi connectivity index (χ1n) is 5.18. The lowest BCUT2D eigenvalue weighted by atomic mass is 9.71. The van der Waals surface area contributed by atoms with E-state index in [2.05, 4.69) is 6.92 Å². The van der Waals surface area contributed by atoms with E-state index in [4.69, 9.17) is 4.74 Å². The normalized spacial score (nSPS) is 31.9. The predicted molar refractivity (Wildman–Crippen MR) is 52.7 cm³/mol. The number of carbonyl (C=O) groups excluding carboxylic acids is 1. The number of hydrogen-bond acceptors (Lipinski definition) is 2. The highest BCUT2D eigenvalue weighted by molar-refractivity contribution is 5.62. The van der Waals surface area contributed by atoms with Crippen LogP contribution in [0.4, 0.5) is 0 Å². The number of aldehydes is 1. The first-order valence-corrected chi connectivity index (χ1v) is 5.18. The van der Waals surface area contributed by atoms with Gasteiger partial charge in [-0.3, -0.25) is 0 Å². The average Bonchev–Trinajstić information content (AvgIpc) is 2.38. The summed E-state index contributed by atoms with van der Waals surface area (Å²) < 4.78 is 5.61. The molecule has 0 saturated carbocycles. The fourth-order valence-electron chi connectivity index (χ4n) is 2.11. The molecule has 1 atom stereocenters. The number of hydrogen-bond donors (Lipinski definition) is 0. The molecule has 1 saturated heterocycles. The molecule has 0 aromatic heterocycles. The van der Waals surface area contributed by atoms with Crippen molar-refractivity contribution < 1.29 is 9.53 Å². The molecule has 0 spiro atoms. The van der Waals surface area contributed by atoms with E-state index in [1.807, 2.05) is 13.8 Å². The van der Waals surface area contributed by atoms with Gasteiger partial charge in [-0.05, 0) is 26.7 Å². The number of carbonyl (C=O) groups is 1. The van der Waals surface area contributed by atoms with Crippen LogP contribution in [-0.2, 0) is 9.53 Å². The maximum atomic E-state index is 11.2. The van der Waals surface area contributed by atoms with E-state index < -0.39 is 0 Å². The van der Waals surface area contributed by atoms with E-state index in [9.17, 15) is 4.79 Å². The monoisotopic (exact) mass is 184 g/mol. The Morgan fingerprint density at radius 3 is 2.54 bits per heavy atom. The molecule has 0 radical (unpaired) electrons. The Morgan fingerprint density at radius 2 is 2.15 bits per heavy atom. The minimum atomic E-state index is -0.260. The summed E-state index contributed by atoms with van der Waals surface area (Å²) in [5.74, 6) is 0. The summed E-state index contributed by atoms with van der Waals surface area (Å²) >= 11 is 0. The quantitative estimate of drug-likeness (QED) is 0.628. The molecule has 1 aliphatic rings. The molecule has 1 heterocycles. The molecule has 1 unspecified atom stereocenters. The lowest BCUT2D eigenvalue weighted by Gasteiger charge is -2.35. The standard InChI is InChI=1S/C11H20O2/c1-4-5-6-11(9-12)7-8-13-10(11,2)3/h9H,4-8H2,1-3H3. The van der Waals surface area contributed by atoms with Gasteiger partial charge >= 0.3 is 0 Å². The van der Waals surface area contributed by atoms with Gasteiger partial charge in [-0.2, -0.15) is 0 Å². The molecule has 13 heavy (non-hydrogen) atoms. The molecule has 0 amide bonds. The van der Waals surface area contributed by atoms with E-state index in [-0.39, 0.29) is 11.0 Å². The van der Waals surface area contributed by atoms with Crippen LogP contribution in [0.5, 0.6) is 0 Å². The van der Waals surface area contributed by atoms with Crippen molar-refractivity contribution >= 4 is 6.29 Å². The molecule has 0 bridgehead atoms. The molecule has 76 valence electrons. The zero-order chi connectivity index (χ0) is 9.95. The third kappa shape index (κ3) is 1.78. The minimum absolute atomic E-state index is 0.219. The van der Waals surface area contributed by atoms with Gasteiger partial charge in [-0.25, -0.2) is 0 Å². The van der Waals surface area contributed by atoms with Gasteiger partial charge in [0.1, 0.15) is 6.29 Å². The van der Waals surface area contributed by atoms with Gasteiger partial charge in [0, 0.05) is 6.61 Å². The molecular weight excluding hydrogens is 164 g/mol. The van der Waals surface area contributed by atoms with Crippen molar-refractivity contribution in [2.24, 2.45) is 5.41 Å². The second-order valence-electron chi connectivity index (χ2n) is 4.49. The van der Waals surface area contributed by atoms with Crippen LogP contribution in [0.3, 0.4) is 0 Å². The molecule has 0 aromatic carbocycles. The fraction of sp³-hybridized carbons (Fsp3) is 0.909. The highest BCUT2D eigenvalue weighted by Crippen LogP contribution is 2.45. The average molecular weight is 184 g/mol. The van der Waals surface area contributed by atoms with Gasteiger partial charge in [0.15, 0.2) is 0 Å². The van der Waals surface area contributed by atoms with Gasteiger partial charge in [0.25, 0.3) is 0 Å². The van der Waals surface area contributed by atoms with Crippen LogP contribution in [0.1, 0.15) is 46.5 Å². The summed E-state index contributed by atoms with van der Waals surface area (Å²) in [5.41, 5.74) is -0.479. The predicted octanol–water partition coefficient (Wildman–Crippen LogP) is 2.56. The third-order valence-electron chi connectivity index (χ3n) is 3.41. The van der Waals surface area contributed by atoms with Crippen molar-refractivity contribution in [3.05, 3.63) is 0 Å². The van der Waals surface area contributed by atoms with Crippen LogP contribution in [-0.4, -0.2) is 18.5 Å². The van der Waals surface area contributed by atoms with E-state index in [0.717, 1.165) is 38.6 Å².